The van der Waals surface area contributed by atoms with Crippen LogP contribution in [0.3, 0.4) is 0 Å². The molecule has 0 saturated carbocycles. The number of aromatic nitrogens is 1. The van der Waals surface area contributed by atoms with E-state index >= 15 is 0 Å². The molecular formula is C13H13N3OS. The van der Waals surface area contributed by atoms with Gasteiger partial charge < -0.3 is 10.6 Å². The van der Waals surface area contributed by atoms with Gasteiger partial charge in [-0.15, -0.1) is 11.3 Å². The molecule has 0 spiro atoms. The number of fused-ring (bicyclic) bond motifs is 1. The van der Waals surface area contributed by atoms with E-state index in [0.29, 0.717) is 18.8 Å². The van der Waals surface area contributed by atoms with Crippen molar-refractivity contribution in [3.8, 4) is 0 Å². The van der Waals surface area contributed by atoms with E-state index in [4.69, 9.17) is 5.73 Å². The molecule has 4 nitrogen and oxygen atoms in total. The number of carbonyl (C=O) groups is 1. The highest BCUT2D eigenvalue weighted by Crippen LogP contribution is 2.26. The average Bonchev–Trinajstić information content (AvgIpc) is 2.93. The molecule has 0 aliphatic carbocycles. The van der Waals surface area contributed by atoms with Crippen LogP contribution in [0.4, 0.5) is 5.69 Å². The van der Waals surface area contributed by atoms with E-state index < -0.39 is 0 Å². The molecule has 2 N–H and O–H groups in total. The molecule has 0 unspecified atom stereocenters. The lowest BCUT2D eigenvalue weighted by atomic mass is 10.1. The number of rotatable bonds is 1. The molecule has 1 aliphatic rings. The number of hydrogen-bond donors (Lipinski definition) is 1. The van der Waals surface area contributed by atoms with Gasteiger partial charge in [0.25, 0.3) is 5.91 Å². The maximum absolute atomic E-state index is 12.3. The number of thiazole rings is 1. The molecule has 1 aromatic heterocycles. The van der Waals surface area contributed by atoms with Crippen LogP contribution in [-0.2, 0) is 13.1 Å². The summed E-state index contributed by atoms with van der Waals surface area (Å²) >= 11 is 1.50. The zero-order chi connectivity index (χ0) is 12.7. The van der Waals surface area contributed by atoms with E-state index in [1.165, 1.54) is 16.9 Å². The van der Waals surface area contributed by atoms with Crippen LogP contribution in [0.5, 0.6) is 0 Å². The summed E-state index contributed by atoms with van der Waals surface area (Å²) in [6.45, 7) is 3.17. The first-order chi connectivity index (χ1) is 8.63. The second-order valence-electron chi connectivity index (χ2n) is 4.44. The van der Waals surface area contributed by atoms with Crippen molar-refractivity contribution >= 4 is 22.9 Å². The van der Waals surface area contributed by atoms with E-state index in [-0.39, 0.29) is 5.91 Å². The molecule has 1 amide bonds. The van der Waals surface area contributed by atoms with Crippen molar-refractivity contribution in [2.45, 2.75) is 20.0 Å². The van der Waals surface area contributed by atoms with E-state index in [9.17, 15) is 4.79 Å². The van der Waals surface area contributed by atoms with Crippen molar-refractivity contribution in [3.05, 3.63) is 45.4 Å². The summed E-state index contributed by atoms with van der Waals surface area (Å²) < 4.78 is 0. The normalized spacial score (nSPS) is 13.7. The fourth-order valence-electron chi connectivity index (χ4n) is 2.18. The first-order valence-electron chi connectivity index (χ1n) is 5.72. The Hall–Kier alpha value is -1.88. The van der Waals surface area contributed by atoms with Crippen molar-refractivity contribution in [3.63, 3.8) is 0 Å². The quantitative estimate of drug-likeness (QED) is 0.799. The maximum atomic E-state index is 12.3. The third-order valence-electron chi connectivity index (χ3n) is 3.08. The SMILES string of the molecule is Cc1nc(C(=O)N2Cc3ccc(N)cc3C2)cs1. The van der Waals surface area contributed by atoms with E-state index in [2.05, 4.69) is 4.98 Å². The van der Waals surface area contributed by atoms with Gasteiger partial charge in [-0.3, -0.25) is 4.79 Å². The summed E-state index contributed by atoms with van der Waals surface area (Å²) in [7, 11) is 0. The predicted octanol–water partition coefficient (Wildman–Crippen LogP) is 2.19. The molecule has 3 rings (SSSR count). The number of anilines is 1. The number of amides is 1. The first-order valence-corrected chi connectivity index (χ1v) is 6.60. The van der Waals surface area contributed by atoms with Gasteiger partial charge in [0.05, 0.1) is 5.01 Å². The van der Waals surface area contributed by atoms with Gasteiger partial charge in [-0.2, -0.15) is 0 Å². The fourth-order valence-corrected chi connectivity index (χ4v) is 2.77. The standard InChI is InChI=1S/C13H13N3OS/c1-8-15-12(7-18-8)13(17)16-5-9-2-3-11(14)4-10(9)6-16/h2-4,7H,5-6,14H2,1H3. The van der Waals surface area contributed by atoms with Gasteiger partial charge in [0.15, 0.2) is 0 Å². The summed E-state index contributed by atoms with van der Waals surface area (Å²) in [6.07, 6.45) is 0. The van der Waals surface area contributed by atoms with E-state index in [1.54, 1.807) is 4.90 Å². The average molecular weight is 259 g/mol. The highest BCUT2D eigenvalue weighted by molar-refractivity contribution is 7.09. The minimum Gasteiger partial charge on any atom is -0.399 e. The van der Waals surface area contributed by atoms with Crippen LogP contribution < -0.4 is 5.73 Å². The molecule has 1 aromatic carbocycles. The van der Waals surface area contributed by atoms with Crippen LogP contribution in [0, 0.1) is 6.92 Å². The van der Waals surface area contributed by atoms with Crippen molar-refractivity contribution in [2.75, 3.05) is 5.73 Å². The molecule has 2 aromatic rings. The number of nitrogen functional groups attached to an aromatic ring is 1. The Morgan fingerprint density at radius 1 is 1.39 bits per heavy atom. The number of carbonyl (C=O) groups excluding carboxylic acids is 1. The number of nitrogens with two attached hydrogens (primary N) is 1. The molecule has 92 valence electrons. The summed E-state index contributed by atoms with van der Waals surface area (Å²) in [5.74, 6) is -0.00544. The van der Waals surface area contributed by atoms with Gasteiger partial charge in [0, 0.05) is 24.2 Å². The van der Waals surface area contributed by atoms with Crippen molar-refractivity contribution in [1.82, 2.24) is 9.88 Å². The highest BCUT2D eigenvalue weighted by atomic mass is 32.1. The maximum Gasteiger partial charge on any atom is 0.273 e. The van der Waals surface area contributed by atoms with Crippen molar-refractivity contribution in [2.24, 2.45) is 0 Å². The number of benzene rings is 1. The minimum atomic E-state index is -0.00544. The Morgan fingerprint density at radius 3 is 2.89 bits per heavy atom. The number of hydrogen-bond acceptors (Lipinski definition) is 4. The fraction of sp³-hybridized carbons (Fsp3) is 0.231. The van der Waals surface area contributed by atoms with Gasteiger partial charge in [0.2, 0.25) is 0 Å². The van der Waals surface area contributed by atoms with Crippen LogP contribution in [0.2, 0.25) is 0 Å². The number of aryl methyl sites for hydroxylation is 1. The zero-order valence-electron chi connectivity index (χ0n) is 10.0. The van der Waals surface area contributed by atoms with Crippen LogP contribution in [-0.4, -0.2) is 15.8 Å². The molecule has 1 aliphatic heterocycles. The molecule has 2 heterocycles. The molecule has 0 saturated heterocycles. The minimum absolute atomic E-state index is 0.00544. The van der Waals surface area contributed by atoms with E-state index in [1.807, 2.05) is 30.5 Å². The third-order valence-corrected chi connectivity index (χ3v) is 3.85. The molecule has 0 bridgehead atoms. The Labute approximate surface area is 109 Å². The molecule has 18 heavy (non-hydrogen) atoms. The topological polar surface area (TPSA) is 59.2 Å². The van der Waals surface area contributed by atoms with Crippen molar-refractivity contribution in [1.29, 1.82) is 0 Å². The van der Waals surface area contributed by atoms with Crippen LogP contribution in [0.15, 0.2) is 23.6 Å². The molecule has 0 fully saturated rings. The molecule has 0 radical (unpaired) electrons. The van der Waals surface area contributed by atoms with Gasteiger partial charge in [-0.25, -0.2) is 4.98 Å². The first kappa shape index (κ1) is 11.2. The van der Waals surface area contributed by atoms with Gasteiger partial charge >= 0.3 is 0 Å². The second-order valence-corrected chi connectivity index (χ2v) is 5.50. The third kappa shape index (κ3) is 1.86. The van der Waals surface area contributed by atoms with Crippen LogP contribution >= 0.6 is 11.3 Å². The lowest BCUT2D eigenvalue weighted by Crippen LogP contribution is -2.25. The van der Waals surface area contributed by atoms with Crippen LogP contribution in [0.1, 0.15) is 26.6 Å². The highest BCUT2D eigenvalue weighted by Gasteiger charge is 2.25. The second kappa shape index (κ2) is 4.10. The Kier molecular flexibility index (Phi) is 2.56. The predicted molar refractivity (Wildman–Crippen MR) is 71.3 cm³/mol. The molecular weight excluding hydrogens is 246 g/mol. The smallest absolute Gasteiger partial charge is 0.273 e. The zero-order valence-corrected chi connectivity index (χ0v) is 10.8. The largest absolute Gasteiger partial charge is 0.399 e. The Bertz CT molecular complexity index is 620. The lowest BCUT2D eigenvalue weighted by Gasteiger charge is -2.13. The Morgan fingerprint density at radius 2 is 2.17 bits per heavy atom. The summed E-state index contributed by atoms with van der Waals surface area (Å²) in [4.78, 5) is 18.3. The molecule has 5 heteroatoms. The van der Waals surface area contributed by atoms with Crippen molar-refractivity contribution < 1.29 is 4.79 Å². The molecule has 0 atom stereocenters. The Balaban J connectivity index is 1.83. The summed E-state index contributed by atoms with van der Waals surface area (Å²) in [5, 5.41) is 2.73. The number of nitrogens with zero attached hydrogens (tertiary/aromatic N) is 2. The monoisotopic (exact) mass is 259 g/mol. The van der Waals surface area contributed by atoms with Gasteiger partial charge in [-0.1, -0.05) is 6.07 Å². The lowest BCUT2D eigenvalue weighted by molar-refractivity contribution is 0.0746. The van der Waals surface area contributed by atoms with E-state index in [0.717, 1.165) is 16.3 Å². The van der Waals surface area contributed by atoms with Gasteiger partial charge in [-0.05, 0) is 30.2 Å². The summed E-state index contributed by atoms with van der Waals surface area (Å²) in [6, 6.07) is 5.80. The van der Waals surface area contributed by atoms with Gasteiger partial charge in [0.1, 0.15) is 5.69 Å². The van der Waals surface area contributed by atoms with Crippen LogP contribution in [0.25, 0.3) is 0 Å². The summed E-state index contributed by atoms with van der Waals surface area (Å²) in [5.41, 5.74) is 9.34.